The molecule has 18 heavy (non-hydrogen) atoms. The van der Waals surface area contributed by atoms with E-state index in [1.807, 2.05) is 24.3 Å². The number of anilines is 1. The summed E-state index contributed by atoms with van der Waals surface area (Å²) in [5.41, 5.74) is 1.96. The molecule has 0 saturated carbocycles. The monoisotopic (exact) mass is 268 g/mol. The van der Waals surface area contributed by atoms with Crippen LogP contribution in [0.1, 0.15) is 24.3 Å². The average Bonchev–Trinajstić information content (AvgIpc) is 2.38. The first-order chi connectivity index (χ1) is 8.50. The van der Waals surface area contributed by atoms with Gasteiger partial charge in [-0.2, -0.15) is 0 Å². The highest BCUT2D eigenvalue weighted by Crippen LogP contribution is 2.33. The summed E-state index contributed by atoms with van der Waals surface area (Å²) in [6.45, 7) is 2.00. The Bertz CT molecular complexity index is 507. The number of nitrogens with zero attached hydrogens (tertiary/aromatic N) is 1. The molecule has 4 nitrogen and oxygen atoms in total. The Balaban J connectivity index is 2.36. The molecule has 1 aliphatic heterocycles. The van der Waals surface area contributed by atoms with Gasteiger partial charge in [-0.1, -0.05) is 18.2 Å². The van der Waals surface area contributed by atoms with E-state index in [0.717, 1.165) is 37.2 Å². The third kappa shape index (κ3) is 2.84. The second kappa shape index (κ2) is 5.28. The first-order valence-electron chi connectivity index (χ1n) is 6.23. The predicted octanol–water partition coefficient (Wildman–Crippen LogP) is 1.55. The van der Waals surface area contributed by atoms with E-state index in [1.54, 1.807) is 7.05 Å². The Morgan fingerprint density at radius 1 is 1.22 bits per heavy atom. The number of nitrogens with one attached hydrogen (secondary N) is 1. The van der Waals surface area contributed by atoms with Crippen molar-refractivity contribution in [1.82, 2.24) is 5.32 Å². The Hall–Kier alpha value is -1.07. The largest absolute Gasteiger partial charge is 0.317 e. The lowest BCUT2D eigenvalue weighted by molar-refractivity contribution is 0.461. The number of para-hydroxylation sites is 1. The van der Waals surface area contributed by atoms with Crippen LogP contribution in [0.15, 0.2) is 24.3 Å². The second-order valence-electron chi connectivity index (χ2n) is 4.81. The Kier molecular flexibility index (Phi) is 3.92. The lowest BCUT2D eigenvalue weighted by Crippen LogP contribution is -2.29. The van der Waals surface area contributed by atoms with Gasteiger partial charge in [0.2, 0.25) is 10.0 Å². The summed E-state index contributed by atoms with van der Waals surface area (Å²) in [5.74, 6) is 0.451. The average molecular weight is 268 g/mol. The van der Waals surface area contributed by atoms with Crippen molar-refractivity contribution >= 4 is 15.7 Å². The van der Waals surface area contributed by atoms with Crippen LogP contribution in [-0.2, 0) is 10.0 Å². The fourth-order valence-electron chi connectivity index (χ4n) is 2.43. The molecule has 1 saturated heterocycles. The van der Waals surface area contributed by atoms with Crippen molar-refractivity contribution in [3.8, 4) is 0 Å². The lowest BCUT2D eigenvalue weighted by Gasteiger charge is -2.28. The minimum absolute atomic E-state index is 0.451. The first kappa shape index (κ1) is 13.4. The highest BCUT2D eigenvalue weighted by atomic mass is 32.2. The van der Waals surface area contributed by atoms with Crippen LogP contribution in [0, 0.1) is 0 Å². The Labute approximate surface area is 109 Å². The molecule has 100 valence electrons. The van der Waals surface area contributed by atoms with E-state index in [9.17, 15) is 8.42 Å². The minimum atomic E-state index is -3.20. The molecule has 1 heterocycles. The van der Waals surface area contributed by atoms with Gasteiger partial charge in [-0.15, -0.1) is 0 Å². The maximum absolute atomic E-state index is 11.7. The second-order valence-corrected chi connectivity index (χ2v) is 6.83. The van der Waals surface area contributed by atoms with Gasteiger partial charge in [0, 0.05) is 7.05 Å². The molecule has 1 aromatic rings. The maximum Gasteiger partial charge on any atom is 0.232 e. The summed E-state index contributed by atoms with van der Waals surface area (Å²) >= 11 is 0. The topological polar surface area (TPSA) is 49.4 Å². The first-order valence-corrected chi connectivity index (χ1v) is 8.08. The van der Waals surface area contributed by atoms with Gasteiger partial charge in [0.05, 0.1) is 11.9 Å². The van der Waals surface area contributed by atoms with Gasteiger partial charge < -0.3 is 5.32 Å². The fourth-order valence-corrected chi connectivity index (χ4v) is 2.95. The van der Waals surface area contributed by atoms with Crippen LogP contribution in [0.5, 0.6) is 0 Å². The molecule has 0 amide bonds. The fraction of sp³-hybridized carbons (Fsp3) is 0.538. The van der Waals surface area contributed by atoms with Gasteiger partial charge in [0.1, 0.15) is 0 Å². The van der Waals surface area contributed by atoms with E-state index in [2.05, 4.69) is 5.32 Å². The van der Waals surface area contributed by atoms with Crippen molar-refractivity contribution in [3.05, 3.63) is 29.8 Å². The minimum Gasteiger partial charge on any atom is -0.317 e. The molecule has 0 atom stereocenters. The van der Waals surface area contributed by atoms with Gasteiger partial charge in [-0.05, 0) is 43.5 Å². The van der Waals surface area contributed by atoms with Crippen molar-refractivity contribution in [2.75, 3.05) is 30.7 Å². The van der Waals surface area contributed by atoms with E-state index in [0.29, 0.717) is 5.92 Å². The van der Waals surface area contributed by atoms with Gasteiger partial charge in [0.25, 0.3) is 0 Å². The van der Waals surface area contributed by atoms with Gasteiger partial charge >= 0.3 is 0 Å². The number of hydrogen-bond donors (Lipinski definition) is 1. The molecule has 5 heteroatoms. The zero-order chi connectivity index (χ0) is 13.2. The van der Waals surface area contributed by atoms with Crippen LogP contribution in [0.4, 0.5) is 5.69 Å². The molecule has 1 aliphatic rings. The molecular formula is C13H20N2O2S. The lowest BCUT2D eigenvalue weighted by atomic mass is 9.89. The third-order valence-corrected chi connectivity index (χ3v) is 4.74. The molecule has 0 unspecified atom stereocenters. The number of piperidine rings is 1. The standard InChI is InChI=1S/C13H20N2O2S/c1-15(18(2,16)17)13-6-4-3-5-12(13)11-7-9-14-10-8-11/h3-6,11,14H,7-10H2,1-2H3. The van der Waals surface area contributed by atoms with Crippen molar-refractivity contribution in [1.29, 1.82) is 0 Å². The summed E-state index contributed by atoms with van der Waals surface area (Å²) in [6.07, 6.45) is 3.37. The van der Waals surface area contributed by atoms with Crippen LogP contribution in [0.25, 0.3) is 0 Å². The summed E-state index contributed by atoms with van der Waals surface area (Å²) in [4.78, 5) is 0. The van der Waals surface area contributed by atoms with E-state index >= 15 is 0 Å². The van der Waals surface area contributed by atoms with Gasteiger partial charge in [-0.3, -0.25) is 4.31 Å². The molecule has 1 fully saturated rings. The number of rotatable bonds is 3. The van der Waals surface area contributed by atoms with E-state index in [1.165, 1.54) is 10.6 Å². The smallest absolute Gasteiger partial charge is 0.232 e. The zero-order valence-corrected chi connectivity index (χ0v) is 11.7. The third-order valence-electron chi connectivity index (χ3n) is 3.55. The zero-order valence-electron chi connectivity index (χ0n) is 10.9. The van der Waals surface area contributed by atoms with E-state index in [4.69, 9.17) is 0 Å². The Morgan fingerprint density at radius 2 is 1.83 bits per heavy atom. The molecule has 0 aliphatic carbocycles. The van der Waals surface area contributed by atoms with Gasteiger partial charge in [-0.25, -0.2) is 8.42 Å². The molecule has 1 aromatic carbocycles. The van der Waals surface area contributed by atoms with Crippen molar-refractivity contribution < 1.29 is 8.42 Å². The SMILES string of the molecule is CN(c1ccccc1C1CCNCC1)S(C)(=O)=O. The number of sulfonamides is 1. The molecule has 0 aromatic heterocycles. The number of benzene rings is 1. The molecular weight excluding hydrogens is 248 g/mol. The van der Waals surface area contributed by atoms with Crippen LogP contribution >= 0.6 is 0 Å². The quantitative estimate of drug-likeness (QED) is 0.905. The van der Waals surface area contributed by atoms with Crippen molar-refractivity contribution in [3.63, 3.8) is 0 Å². The maximum atomic E-state index is 11.7. The normalized spacial score (nSPS) is 17.7. The number of hydrogen-bond acceptors (Lipinski definition) is 3. The summed E-state index contributed by atoms with van der Waals surface area (Å²) in [6, 6.07) is 7.81. The molecule has 0 bridgehead atoms. The highest BCUT2D eigenvalue weighted by molar-refractivity contribution is 7.92. The van der Waals surface area contributed by atoms with Crippen molar-refractivity contribution in [2.24, 2.45) is 0 Å². The van der Waals surface area contributed by atoms with Crippen LogP contribution in [0.2, 0.25) is 0 Å². The summed E-state index contributed by atoms with van der Waals surface area (Å²) in [7, 11) is -1.58. The van der Waals surface area contributed by atoms with Gasteiger partial charge in [0.15, 0.2) is 0 Å². The van der Waals surface area contributed by atoms with Crippen LogP contribution in [-0.4, -0.2) is 34.8 Å². The highest BCUT2D eigenvalue weighted by Gasteiger charge is 2.22. The Morgan fingerprint density at radius 3 is 2.44 bits per heavy atom. The summed E-state index contributed by atoms with van der Waals surface area (Å²) in [5, 5.41) is 3.33. The summed E-state index contributed by atoms with van der Waals surface area (Å²) < 4.78 is 24.7. The van der Waals surface area contributed by atoms with E-state index in [-0.39, 0.29) is 0 Å². The molecule has 2 rings (SSSR count). The van der Waals surface area contributed by atoms with Crippen LogP contribution < -0.4 is 9.62 Å². The predicted molar refractivity (Wildman–Crippen MR) is 74.5 cm³/mol. The van der Waals surface area contributed by atoms with E-state index < -0.39 is 10.0 Å². The molecule has 0 radical (unpaired) electrons. The molecule has 0 spiro atoms. The van der Waals surface area contributed by atoms with Crippen molar-refractivity contribution in [2.45, 2.75) is 18.8 Å². The van der Waals surface area contributed by atoms with Crippen LogP contribution in [0.3, 0.4) is 0 Å². The molecule has 1 N–H and O–H groups in total.